The van der Waals surface area contributed by atoms with E-state index in [4.69, 9.17) is 9.84 Å². The topological polar surface area (TPSA) is 86.4 Å². The number of carboxylic acid groups (broad SMARTS) is 1. The number of nitrogens with zero attached hydrogens (tertiary/aromatic N) is 3. The van der Waals surface area contributed by atoms with Gasteiger partial charge >= 0.3 is 11.9 Å². The van der Waals surface area contributed by atoms with Gasteiger partial charge in [-0.25, -0.2) is 9.78 Å². The summed E-state index contributed by atoms with van der Waals surface area (Å²) in [5, 5.41) is 9.89. The van der Waals surface area contributed by atoms with E-state index in [9.17, 15) is 9.59 Å². The highest BCUT2D eigenvalue weighted by Gasteiger charge is 2.15. The second-order valence-corrected chi connectivity index (χ2v) is 6.22. The summed E-state index contributed by atoms with van der Waals surface area (Å²) in [4.78, 5) is 26.5. The van der Waals surface area contributed by atoms with Crippen molar-refractivity contribution in [1.82, 2.24) is 14.1 Å². The van der Waals surface area contributed by atoms with Gasteiger partial charge in [-0.1, -0.05) is 6.07 Å². The SMILES string of the molecule is COC(=O)CCn1c(C)c(Cn2ccnc2)c2cc(C=CC(=O)O)ccc21. The number of methoxy groups -OCH3 is 1. The van der Waals surface area contributed by atoms with Crippen LogP contribution in [0.4, 0.5) is 0 Å². The minimum atomic E-state index is -0.986. The molecule has 0 aliphatic carbocycles. The van der Waals surface area contributed by atoms with Gasteiger partial charge in [0.2, 0.25) is 0 Å². The Morgan fingerprint density at radius 3 is 2.81 bits per heavy atom. The fraction of sp³-hybridized carbons (Fsp3) is 0.250. The molecule has 140 valence electrons. The van der Waals surface area contributed by atoms with Crippen LogP contribution in [0.15, 0.2) is 43.0 Å². The summed E-state index contributed by atoms with van der Waals surface area (Å²) in [6.45, 7) is 3.18. The minimum Gasteiger partial charge on any atom is -0.478 e. The Morgan fingerprint density at radius 1 is 1.33 bits per heavy atom. The predicted molar refractivity (Wildman–Crippen MR) is 101 cm³/mol. The van der Waals surface area contributed by atoms with Gasteiger partial charge in [0.1, 0.15) is 0 Å². The molecule has 0 saturated carbocycles. The van der Waals surface area contributed by atoms with Crippen LogP contribution in [0.25, 0.3) is 17.0 Å². The maximum atomic E-state index is 11.6. The van der Waals surface area contributed by atoms with Crippen molar-refractivity contribution in [2.75, 3.05) is 7.11 Å². The predicted octanol–water partition coefficient (Wildman–Crippen LogP) is 2.86. The smallest absolute Gasteiger partial charge is 0.328 e. The minimum absolute atomic E-state index is 0.256. The number of benzene rings is 1. The molecule has 27 heavy (non-hydrogen) atoms. The maximum absolute atomic E-state index is 11.6. The Bertz CT molecular complexity index is 1000. The van der Waals surface area contributed by atoms with Crippen LogP contribution in [-0.4, -0.2) is 38.3 Å². The third-order valence-electron chi connectivity index (χ3n) is 4.56. The summed E-state index contributed by atoms with van der Waals surface area (Å²) < 4.78 is 8.84. The number of fused-ring (bicyclic) bond motifs is 1. The first-order chi connectivity index (χ1) is 13.0. The molecule has 1 N–H and O–H groups in total. The molecule has 3 aromatic rings. The molecule has 1 aromatic carbocycles. The highest BCUT2D eigenvalue weighted by atomic mass is 16.5. The van der Waals surface area contributed by atoms with E-state index < -0.39 is 5.97 Å². The third kappa shape index (κ3) is 4.08. The number of aryl methyl sites for hydroxylation is 1. The van der Waals surface area contributed by atoms with Crippen molar-refractivity contribution in [3.8, 4) is 0 Å². The number of aliphatic carboxylic acids is 1. The molecule has 0 spiro atoms. The van der Waals surface area contributed by atoms with Crippen molar-refractivity contribution in [2.45, 2.75) is 26.4 Å². The van der Waals surface area contributed by atoms with Crippen molar-refractivity contribution in [1.29, 1.82) is 0 Å². The van der Waals surface area contributed by atoms with Gasteiger partial charge in [0.25, 0.3) is 0 Å². The lowest BCUT2D eigenvalue weighted by Crippen LogP contribution is -2.08. The standard InChI is InChI=1S/C20H21N3O4/c1-14-17(12-22-10-8-21-13-22)16-11-15(4-6-19(24)25)3-5-18(16)23(14)9-7-20(26)27-2/h3-6,8,10-11,13H,7,9,12H2,1-2H3,(H,24,25). The van der Waals surface area contributed by atoms with Crippen molar-refractivity contribution >= 4 is 28.9 Å². The second-order valence-electron chi connectivity index (χ2n) is 6.22. The number of aromatic nitrogens is 3. The lowest BCUT2D eigenvalue weighted by atomic mass is 10.1. The molecule has 0 radical (unpaired) electrons. The normalized spacial score (nSPS) is 11.3. The second kappa shape index (κ2) is 7.90. The Kier molecular flexibility index (Phi) is 5.40. The molecule has 0 bridgehead atoms. The zero-order valence-corrected chi connectivity index (χ0v) is 15.3. The van der Waals surface area contributed by atoms with E-state index >= 15 is 0 Å². The van der Waals surface area contributed by atoms with E-state index in [0.717, 1.165) is 33.8 Å². The molecule has 0 aliphatic rings. The van der Waals surface area contributed by atoms with Crippen molar-refractivity contribution < 1.29 is 19.4 Å². The van der Waals surface area contributed by atoms with Crippen molar-refractivity contribution in [2.24, 2.45) is 0 Å². The van der Waals surface area contributed by atoms with Crippen molar-refractivity contribution in [3.63, 3.8) is 0 Å². The maximum Gasteiger partial charge on any atom is 0.328 e. The number of ether oxygens (including phenoxy) is 1. The molecule has 2 aromatic heterocycles. The number of imidazole rings is 1. The van der Waals surface area contributed by atoms with Crippen LogP contribution < -0.4 is 0 Å². The highest BCUT2D eigenvalue weighted by molar-refractivity contribution is 5.90. The Morgan fingerprint density at radius 2 is 2.15 bits per heavy atom. The van der Waals surface area contributed by atoms with Crippen LogP contribution in [0, 0.1) is 6.92 Å². The molecule has 0 atom stereocenters. The average molecular weight is 367 g/mol. The van der Waals surface area contributed by atoms with Gasteiger partial charge in [0.15, 0.2) is 0 Å². The first kappa shape index (κ1) is 18.4. The van der Waals surface area contributed by atoms with Gasteiger partial charge in [0.05, 0.1) is 26.4 Å². The quantitative estimate of drug-likeness (QED) is 0.513. The first-order valence-electron chi connectivity index (χ1n) is 8.55. The number of esters is 1. The van der Waals surface area contributed by atoms with E-state index in [0.29, 0.717) is 13.1 Å². The highest BCUT2D eigenvalue weighted by Crippen LogP contribution is 2.28. The summed E-state index contributed by atoms with van der Waals surface area (Å²) in [5.74, 6) is -1.24. The summed E-state index contributed by atoms with van der Waals surface area (Å²) >= 11 is 0. The molecule has 0 saturated heterocycles. The number of hydrogen-bond donors (Lipinski definition) is 1. The summed E-state index contributed by atoms with van der Waals surface area (Å²) in [6.07, 6.45) is 8.36. The van der Waals surface area contributed by atoms with E-state index in [2.05, 4.69) is 9.55 Å². The number of carboxylic acids is 1. The van der Waals surface area contributed by atoms with Gasteiger partial charge in [-0.3, -0.25) is 4.79 Å². The average Bonchev–Trinajstić information content (AvgIpc) is 3.25. The van der Waals surface area contributed by atoms with Crippen molar-refractivity contribution in [3.05, 3.63) is 59.8 Å². The summed E-state index contributed by atoms with van der Waals surface area (Å²) in [5.41, 5.74) is 3.97. The fourth-order valence-corrected chi connectivity index (χ4v) is 3.20. The lowest BCUT2D eigenvalue weighted by molar-refractivity contribution is -0.140. The zero-order chi connectivity index (χ0) is 19.4. The number of carbonyl (C=O) groups excluding carboxylic acids is 1. The van der Waals surface area contributed by atoms with Crippen LogP contribution >= 0.6 is 0 Å². The number of rotatable bonds is 7. The lowest BCUT2D eigenvalue weighted by Gasteiger charge is -2.08. The molecule has 0 fully saturated rings. The molecule has 7 heteroatoms. The zero-order valence-electron chi connectivity index (χ0n) is 15.3. The van der Waals surface area contributed by atoms with Gasteiger partial charge in [0, 0.05) is 47.2 Å². The van der Waals surface area contributed by atoms with Gasteiger partial charge in [-0.05, 0) is 30.7 Å². The Hall–Kier alpha value is -3.35. The number of carbonyl (C=O) groups is 2. The fourth-order valence-electron chi connectivity index (χ4n) is 3.20. The Balaban J connectivity index is 2.07. The van der Waals surface area contributed by atoms with Crippen LogP contribution in [0.5, 0.6) is 0 Å². The molecule has 0 aliphatic heterocycles. The van der Waals surface area contributed by atoms with Gasteiger partial charge < -0.3 is 19.0 Å². The van der Waals surface area contributed by atoms with E-state index in [-0.39, 0.29) is 12.4 Å². The van der Waals surface area contributed by atoms with Crippen LogP contribution in [0.3, 0.4) is 0 Å². The van der Waals surface area contributed by atoms with E-state index in [1.165, 1.54) is 7.11 Å². The molecule has 7 nitrogen and oxygen atoms in total. The van der Waals surface area contributed by atoms with Crippen LogP contribution in [0.2, 0.25) is 0 Å². The molecule has 0 unspecified atom stereocenters. The Labute approximate surface area is 156 Å². The van der Waals surface area contributed by atoms with E-state index in [1.807, 2.05) is 35.9 Å². The van der Waals surface area contributed by atoms with E-state index in [1.54, 1.807) is 18.6 Å². The van der Waals surface area contributed by atoms with Crippen LogP contribution in [0.1, 0.15) is 23.2 Å². The molecule has 2 heterocycles. The first-order valence-corrected chi connectivity index (χ1v) is 8.55. The van der Waals surface area contributed by atoms with Gasteiger partial charge in [-0.15, -0.1) is 0 Å². The van der Waals surface area contributed by atoms with Gasteiger partial charge in [-0.2, -0.15) is 0 Å². The summed E-state index contributed by atoms with van der Waals surface area (Å²) in [6, 6.07) is 5.80. The monoisotopic (exact) mass is 367 g/mol. The summed E-state index contributed by atoms with van der Waals surface area (Å²) in [7, 11) is 1.38. The van der Waals surface area contributed by atoms with Crippen LogP contribution in [-0.2, 0) is 27.4 Å². The third-order valence-corrected chi connectivity index (χ3v) is 4.56. The molecule has 0 amide bonds. The molecular weight excluding hydrogens is 346 g/mol. The largest absolute Gasteiger partial charge is 0.478 e. The molecule has 3 rings (SSSR count). The number of hydrogen-bond acceptors (Lipinski definition) is 4. The molecular formula is C20H21N3O4.